The van der Waals surface area contributed by atoms with Crippen molar-refractivity contribution in [3.05, 3.63) is 65.3 Å². The van der Waals surface area contributed by atoms with Crippen LogP contribution in [0.1, 0.15) is 5.56 Å². The number of ether oxygens (including phenoxy) is 2. The number of rotatable bonds is 5. The fraction of sp³-hybridized carbons (Fsp3) is 0.105. The Morgan fingerprint density at radius 3 is 2.37 bits per heavy atom. The van der Waals surface area contributed by atoms with E-state index in [0.717, 1.165) is 12.1 Å². The highest BCUT2D eigenvalue weighted by molar-refractivity contribution is 6.31. The summed E-state index contributed by atoms with van der Waals surface area (Å²) in [7, 11) is 1.46. The van der Waals surface area contributed by atoms with Gasteiger partial charge in [0.15, 0.2) is 0 Å². The maximum Gasteiger partial charge on any atom is 0.417 e. The summed E-state index contributed by atoms with van der Waals surface area (Å²) < 4.78 is 49.2. The topological polar surface area (TPSA) is 85.4 Å². The molecule has 11 heteroatoms. The maximum atomic E-state index is 12.9. The molecule has 3 rings (SSSR count). The van der Waals surface area contributed by atoms with Crippen LogP contribution < -0.4 is 20.1 Å². The summed E-state index contributed by atoms with van der Waals surface area (Å²) in [4.78, 5) is 20.0. The SMILES string of the molecule is COc1ccnc(Oc2ccc(NC(=O)Nc3ccc(Cl)c(C(F)(F)F)c3)cc2)n1. The van der Waals surface area contributed by atoms with Crippen molar-refractivity contribution in [2.75, 3.05) is 17.7 Å². The van der Waals surface area contributed by atoms with Gasteiger partial charge in [-0.2, -0.15) is 18.2 Å². The van der Waals surface area contributed by atoms with Gasteiger partial charge in [-0.05, 0) is 42.5 Å². The Bertz CT molecular complexity index is 1050. The molecule has 0 aliphatic heterocycles. The number of benzene rings is 2. The van der Waals surface area contributed by atoms with E-state index in [9.17, 15) is 18.0 Å². The fourth-order valence-electron chi connectivity index (χ4n) is 2.31. The molecule has 0 saturated carbocycles. The smallest absolute Gasteiger partial charge is 0.417 e. The number of nitrogens with one attached hydrogen (secondary N) is 2. The van der Waals surface area contributed by atoms with Gasteiger partial charge < -0.3 is 20.1 Å². The van der Waals surface area contributed by atoms with Crippen molar-refractivity contribution in [3.8, 4) is 17.6 Å². The number of alkyl halides is 3. The number of anilines is 2. The molecule has 1 heterocycles. The van der Waals surface area contributed by atoms with Crippen LogP contribution in [0.5, 0.6) is 17.6 Å². The van der Waals surface area contributed by atoms with Gasteiger partial charge in [0.25, 0.3) is 0 Å². The number of methoxy groups -OCH3 is 1. The molecule has 30 heavy (non-hydrogen) atoms. The monoisotopic (exact) mass is 438 g/mol. The Balaban J connectivity index is 1.62. The molecule has 0 spiro atoms. The molecule has 2 N–H and O–H groups in total. The Labute approximate surface area is 173 Å². The van der Waals surface area contributed by atoms with Crippen molar-refractivity contribution in [1.82, 2.24) is 9.97 Å². The molecule has 0 fully saturated rings. The first-order chi connectivity index (χ1) is 14.2. The molecule has 0 bridgehead atoms. The van der Waals surface area contributed by atoms with Crippen LogP contribution in [0.4, 0.5) is 29.3 Å². The maximum absolute atomic E-state index is 12.9. The van der Waals surface area contributed by atoms with Crippen LogP contribution in [-0.4, -0.2) is 23.1 Å². The van der Waals surface area contributed by atoms with Gasteiger partial charge in [-0.3, -0.25) is 0 Å². The van der Waals surface area contributed by atoms with Crippen molar-refractivity contribution in [1.29, 1.82) is 0 Å². The third-order valence-electron chi connectivity index (χ3n) is 3.67. The van der Waals surface area contributed by atoms with Gasteiger partial charge in [0.1, 0.15) is 5.75 Å². The zero-order valence-electron chi connectivity index (χ0n) is 15.3. The molecular formula is C19H14ClF3N4O3. The van der Waals surface area contributed by atoms with Crippen molar-refractivity contribution < 1.29 is 27.4 Å². The summed E-state index contributed by atoms with van der Waals surface area (Å²) in [6, 6.07) is 10.2. The van der Waals surface area contributed by atoms with Crippen LogP contribution in [0.15, 0.2) is 54.7 Å². The van der Waals surface area contributed by atoms with Gasteiger partial charge >= 0.3 is 18.2 Å². The normalized spacial score (nSPS) is 11.0. The number of amides is 2. The molecule has 3 aromatic rings. The molecule has 2 aromatic carbocycles. The molecule has 0 radical (unpaired) electrons. The van der Waals surface area contributed by atoms with E-state index in [-0.39, 0.29) is 11.7 Å². The lowest BCUT2D eigenvalue weighted by atomic mass is 10.2. The molecular weight excluding hydrogens is 425 g/mol. The largest absolute Gasteiger partial charge is 0.481 e. The second-order valence-electron chi connectivity index (χ2n) is 5.78. The van der Waals surface area contributed by atoms with E-state index in [1.807, 2.05) is 0 Å². The number of hydrogen-bond donors (Lipinski definition) is 2. The third-order valence-corrected chi connectivity index (χ3v) is 4.00. The lowest BCUT2D eigenvalue weighted by Crippen LogP contribution is -2.19. The minimum absolute atomic E-state index is 0.0562. The predicted octanol–water partition coefficient (Wildman–Crippen LogP) is 5.59. The van der Waals surface area contributed by atoms with Crippen LogP contribution in [0, 0.1) is 0 Å². The number of urea groups is 1. The summed E-state index contributed by atoms with van der Waals surface area (Å²) in [5.74, 6) is 0.743. The lowest BCUT2D eigenvalue weighted by Gasteiger charge is -2.12. The molecule has 0 aliphatic carbocycles. The van der Waals surface area contributed by atoms with Gasteiger partial charge in [0.2, 0.25) is 5.88 Å². The molecule has 0 aliphatic rings. The quantitative estimate of drug-likeness (QED) is 0.542. The van der Waals surface area contributed by atoms with E-state index >= 15 is 0 Å². The number of halogens is 4. The van der Waals surface area contributed by atoms with Crippen molar-refractivity contribution >= 4 is 29.0 Å². The van der Waals surface area contributed by atoms with E-state index in [0.29, 0.717) is 17.3 Å². The highest BCUT2D eigenvalue weighted by Crippen LogP contribution is 2.36. The van der Waals surface area contributed by atoms with E-state index in [4.69, 9.17) is 21.1 Å². The van der Waals surface area contributed by atoms with Gasteiger partial charge in [0, 0.05) is 23.6 Å². The number of aromatic nitrogens is 2. The summed E-state index contributed by atoms with van der Waals surface area (Å²) >= 11 is 5.56. The summed E-state index contributed by atoms with van der Waals surface area (Å²) in [6.45, 7) is 0. The molecule has 7 nitrogen and oxygen atoms in total. The van der Waals surface area contributed by atoms with E-state index in [1.165, 1.54) is 31.5 Å². The van der Waals surface area contributed by atoms with Gasteiger partial charge in [-0.15, -0.1) is 0 Å². The van der Waals surface area contributed by atoms with Crippen LogP contribution in [0.25, 0.3) is 0 Å². The fourth-order valence-corrected chi connectivity index (χ4v) is 2.54. The average Bonchev–Trinajstić information content (AvgIpc) is 2.70. The van der Waals surface area contributed by atoms with Crippen LogP contribution in [0.2, 0.25) is 5.02 Å². The summed E-state index contributed by atoms with van der Waals surface area (Å²) in [5.41, 5.74) is -0.709. The zero-order valence-corrected chi connectivity index (χ0v) is 16.1. The second-order valence-corrected chi connectivity index (χ2v) is 6.19. The second kappa shape index (κ2) is 8.87. The third kappa shape index (κ3) is 5.51. The van der Waals surface area contributed by atoms with Crippen LogP contribution >= 0.6 is 11.6 Å². The van der Waals surface area contributed by atoms with Crippen LogP contribution in [-0.2, 0) is 6.18 Å². The van der Waals surface area contributed by atoms with Gasteiger partial charge in [-0.25, -0.2) is 9.78 Å². The molecule has 0 unspecified atom stereocenters. The Hall–Kier alpha value is -3.53. The van der Waals surface area contributed by atoms with E-state index in [2.05, 4.69) is 20.6 Å². The van der Waals surface area contributed by atoms with Crippen molar-refractivity contribution in [2.45, 2.75) is 6.18 Å². The molecule has 2 amide bonds. The van der Waals surface area contributed by atoms with Crippen molar-refractivity contribution in [2.24, 2.45) is 0 Å². The minimum Gasteiger partial charge on any atom is -0.481 e. The molecule has 0 atom stereocenters. The highest BCUT2D eigenvalue weighted by Gasteiger charge is 2.33. The standard InChI is InChI=1S/C19H14ClF3N4O3/c1-29-16-8-9-24-18(27-16)30-13-5-2-11(3-6-13)25-17(28)26-12-4-7-15(20)14(10-12)19(21,22)23/h2-10H,1H3,(H2,25,26,28). The zero-order chi connectivity index (χ0) is 21.7. The van der Waals surface area contributed by atoms with Gasteiger partial charge in [0.05, 0.1) is 17.7 Å². The molecule has 156 valence electrons. The highest BCUT2D eigenvalue weighted by atomic mass is 35.5. The number of carbonyl (C=O) groups excluding carboxylic acids is 1. The first-order valence-corrected chi connectivity index (χ1v) is 8.72. The Morgan fingerprint density at radius 2 is 1.70 bits per heavy atom. The Kier molecular flexibility index (Phi) is 6.26. The summed E-state index contributed by atoms with van der Waals surface area (Å²) in [5, 5.41) is 4.37. The molecule has 1 aromatic heterocycles. The Morgan fingerprint density at radius 1 is 1.03 bits per heavy atom. The number of hydrogen-bond acceptors (Lipinski definition) is 5. The predicted molar refractivity (Wildman–Crippen MR) is 104 cm³/mol. The van der Waals surface area contributed by atoms with Crippen LogP contribution in [0.3, 0.4) is 0 Å². The minimum atomic E-state index is -4.63. The van der Waals surface area contributed by atoms with E-state index in [1.54, 1.807) is 18.2 Å². The average molecular weight is 439 g/mol. The van der Waals surface area contributed by atoms with Gasteiger partial charge in [-0.1, -0.05) is 11.6 Å². The van der Waals surface area contributed by atoms with E-state index < -0.39 is 22.8 Å². The first kappa shape index (κ1) is 21.2. The first-order valence-electron chi connectivity index (χ1n) is 8.34. The lowest BCUT2D eigenvalue weighted by molar-refractivity contribution is -0.137. The number of nitrogens with zero attached hydrogens (tertiary/aromatic N) is 2. The number of carbonyl (C=O) groups is 1. The van der Waals surface area contributed by atoms with Crippen molar-refractivity contribution in [3.63, 3.8) is 0 Å². The summed E-state index contributed by atoms with van der Waals surface area (Å²) in [6.07, 6.45) is -3.16. The molecule has 0 saturated heterocycles.